The lowest BCUT2D eigenvalue weighted by molar-refractivity contribution is 0.0629. The van der Waals surface area contributed by atoms with Crippen molar-refractivity contribution in [3.8, 4) is 17.0 Å². The molecular formula is C17H21N3O2. The molecule has 0 unspecified atom stereocenters. The molecule has 2 heterocycles. The number of hydrogen-bond donors (Lipinski definition) is 1. The van der Waals surface area contributed by atoms with Crippen LogP contribution in [0.15, 0.2) is 30.3 Å². The Hall–Kier alpha value is -2.30. The maximum atomic E-state index is 12.6. The van der Waals surface area contributed by atoms with E-state index in [9.17, 15) is 4.79 Å². The first-order valence-corrected chi connectivity index (χ1v) is 7.70. The minimum absolute atomic E-state index is 0.0360. The number of likely N-dealkylation sites (tertiary alicyclic amines) is 1. The first-order valence-electron chi connectivity index (χ1n) is 7.70. The number of aromatic amines is 1. The van der Waals surface area contributed by atoms with E-state index in [-0.39, 0.29) is 5.91 Å². The number of aromatic nitrogens is 2. The molecule has 1 aliphatic heterocycles. The zero-order chi connectivity index (χ0) is 15.5. The zero-order valence-electron chi connectivity index (χ0n) is 13.0. The third kappa shape index (κ3) is 2.84. The fourth-order valence-electron chi connectivity index (χ4n) is 2.92. The SMILES string of the molecule is COc1cccc(-c2cc(C(=O)N3CCCC[C@@H]3C)[nH]n2)c1. The van der Waals surface area contributed by atoms with Crippen LogP contribution in [0.5, 0.6) is 5.75 Å². The Morgan fingerprint density at radius 3 is 3.00 bits per heavy atom. The summed E-state index contributed by atoms with van der Waals surface area (Å²) in [4.78, 5) is 14.5. The number of carbonyl (C=O) groups is 1. The molecule has 0 spiro atoms. The molecule has 1 aliphatic rings. The standard InChI is InChI=1S/C17H21N3O2/c1-12-6-3-4-9-20(12)17(21)16-11-15(18-19-16)13-7-5-8-14(10-13)22-2/h5,7-8,10-12H,3-4,6,9H2,1-2H3,(H,18,19)/t12-/m0/s1. The Labute approximate surface area is 130 Å². The van der Waals surface area contributed by atoms with Gasteiger partial charge in [-0.1, -0.05) is 12.1 Å². The Balaban J connectivity index is 1.82. The predicted molar refractivity (Wildman–Crippen MR) is 84.9 cm³/mol. The second-order valence-electron chi connectivity index (χ2n) is 5.74. The molecular weight excluding hydrogens is 278 g/mol. The highest BCUT2D eigenvalue weighted by molar-refractivity contribution is 5.93. The van der Waals surface area contributed by atoms with Gasteiger partial charge in [0.25, 0.3) is 5.91 Å². The summed E-state index contributed by atoms with van der Waals surface area (Å²) in [5, 5.41) is 7.15. The van der Waals surface area contributed by atoms with Gasteiger partial charge in [0.1, 0.15) is 11.4 Å². The minimum atomic E-state index is 0.0360. The van der Waals surface area contributed by atoms with E-state index < -0.39 is 0 Å². The van der Waals surface area contributed by atoms with Gasteiger partial charge in [0.05, 0.1) is 12.8 Å². The Morgan fingerprint density at radius 1 is 1.36 bits per heavy atom. The number of piperidine rings is 1. The van der Waals surface area contributed by atoms with Crippen molar-refractivity contribution in [1.82, 2.24) is 15.1 Å². The zero-order valence-corrected chi connectivity index (χ0v) is 13.0. The van der Waals surface area contributed by atoms with E-state index >= 15 is 0 Å². The van der Waals surface area contributed by atoms with Crippen LogP contribution in [-0.4, -0.2) is 40.7 Å². The highest BCUT2D eigenvalue weighted by Gasteiger charge is 2.25. The summed E-state index contributed by atoms with van der Waals surface area (Å²) < 4.78 is 5.23. The molecule has 5 heteroatoms. The molecule has 1 aromatic carbocycles. The molecule has 1 N–H and O–H groups in total. The molecule has 1 fully saturated rings. The van der Waals surface area contributed by atoms with Gasteiger partial charge in [-0.05, 0) is 44.4 Å². The number of nitrogens with one attached hydrogen (secondary N) is 1. The third-order valence-corrected chi connectivity index (χ3v) is 4.24. The van der Waals surface area contributed by atoms with Crippen molar-refractivity contribution < 1.29 is 9.53 Å². The lowest BCUT2D eigenvalue weighted by atomic mass is 10.0. The van der Waals surface area contributed by atoms with Crippen LogP contribution in [0.25, 0.3) is 11.3 Å². The number of benzene rings is 1. The number of methoxy groups -OCH3 is 1. The molecule has 0 radical (unpaired) electrons. The summed E-state index contributed by atoms with van der Waals surface area (Å²) in [7, 11) is 1.64. The van der Waals surface area contributed by atoms with E-state index in [4.69, 9.17) is 4.74 Å². The molecule has 2 aromatic rings. The summed E-state index contributed by atoms with van der Waals surface area (Å²) in [6.45, 7) is 2.93. The van der Waals surface area contributed by atoms with E-state index in [1.54, 1.807) is 7.11 Å². The van der Waals surface area contributed by atoms with Crippen molar-refractivity contribution in [2.45, 2.75) is 32.2 Å². The first kappa shape index (κ1) is 14.6. The maximum absolute atomic E-state index is 12.6. The van der Waals surface area contributed by atoms with E-state index in [2.05, 4.69) is 17.1 Å². The largest absolute Gasteiger partial charge is 0.497 e. The van der Waals surface area contributed by atoms with Crippen molar-refractivity contribution >= 4 is 5.91 Å². The normalized spacial score (nSPS) is 18.3. The average molecular weight is 299 g/mol. The van der Waals surface area contributed by atoms with Crippen molar-refractivity contribution in [1.29, 1.82) is 0 Å². The fraction of sp³-hybridized carbons (Fsp3) is 0.412. The Kier molecular flexibility index (Phi) is 4.13. The molecule has 0 aliphatic carbocycles. The van der Waals surface area contributed by atoms with Crippen molar-refractivity contribution in [2.75, 3.05) is 13.7 Å². The highest BCUT2D eigenvalue weighted by atomic mass is 16.5. The van der Waals surface area contributed by atoms with Gasteiger partial charge < -0.3 is 9.64 Å². The molecule has 1 amide bonds. The second kappa shape index (κ2) is 6.22. The van der Waals surface area contributed by atoms with Crippen LogP contribution in [0.2, 0.25) is 0 Å². The van der Waals surface area contributed by atoms with Crippen molar-refractivity contribution in [3.05, 3.63) is 36.0 Å². The van der Waals surface area contributed by atoms with Crippen molar-refractivity contribution in [3.63, 3.8) is 0 Å². The Bertz CT molecular complexity index is 665. The van der Waals surface area contributed by atoms with Crippen LogP contribution >= 0.6 is 0 Å². The molecule has 1 aromatic heterocycles. The molecule has 1 saturated heterocycles. The lowest BCUT2D eigenvalue weighted by Gasteiger charge is -2.32. The number of ether oxygens (including phenoxy) is 1. The second-order valence-corrected chi connectivity index (χ2v) is 5.74. The molecule has 22 heavy (non-hydrogen) atoms. The van der Waals surface area contributed by atoms with Gasteiger partial charge in [0.2, 0.25) is 0 Å². The molecule has 1 atom stereocenters. The number of carbonyl (C=O) groups excluding carboxylic acids is 1. The van der Waals surface area contributed by atoms with Crippen LogP contribution in [0.3, 0.4) is 0 Å². The maximum Gasteiger partial charge on any atom is 0.272 e. The van der Waals surface area contributed by atoms with Crippen molar-refractivity contribution in [2.24, 2.45) is 0 Å². The molecule has 0 bridgehead atoms. The molecule has 0 saturated carbocycles. The van der Waals surface area contributed by atoms with Gasteiger partial charge in [0, 0.05) is 18.2 Å². The van der Waals surface area contributed by atoms with Gasteiger partial charge >= 0.3 is 0 Å². The summed E-state index contributed by atoms with van der Waals surface area (Å²) in [6, 6.07) is 9.78. The number of rotatable bonds is 3. The van der Waals surface area contributed by atoms with Crippen LogP contribution in [0.4, 0.5) is 0 Å². The minimum Gasteiger partial charge on any atom is -0.497 e. The van der Waals surface area contributed by atoms with Gasteiger partial charge in [0.15, 0.2) is 0 Å². The van der Waals surface area contributed by atoms with Crippen LogP contribution in [0, 0.1) is 0 Å². The lowest BCUT2D eigenvalue weighted by Crippen LogP contribution is -2.42. The van der Waals surface area contributed by atoms with Gasteiger partial charge in [-0.3, -0.25) is 9.89 Å². The van der Waals surface area contributed by atoms with Crippen LogP contribution in [-0.2, 0) is 0 Å². The van der Waals surface area contributed by atoms with E-state index in [1.807, 2.05) is 35.2 Å². The topological polar surface area (TPSA) is 58.2 Å². The number of amides is 1. The summed E-state index contributed by atoms with van der Waals surface area (Å²) in [6.07, 6.45) is 3.35. The quantitative estimate of drug-likeness (QED) is 0.947. The van der Waals surface area contributed by atoms with E-state index in [0.29, 0.717) is 11.7 Å². The van der Waals surface area contributed by atoms with Gasteiger partial charge in [-0.15, -0.1) is 0 Å². The summed E-state index contributed by atoms with van der Waals surface area (Å²) in [5.74, 6) is 0.812. The number of hydrogen-bond acceptors (Lipinski definition) is 3. The smallest absolute Gasteiger partial charge is 0.272 e. The Morgan fingerprint density at radius 2 is 2.23 bits per heavy atom. The van der Waals surface area contributed by atoms with Gasteiger partial charge in [-0.25, -0.2) is 0 Å². The van der Waals surface area contributed by atoms with E-state index in [0.717, 1.165) is 36.4 Å². The third-order valence-electron chi connectivity index (χ3n) is 4.24. The molecule has 3 rings (SSSR count). The highest BCUT2D eigenvalue weighted by Crippen LogP contribution is 2.24. The first-order chi connectivity index (χ1) is 10.7. The monoisotopic (exact) mass is 299 g/mol. The van der Waals surface area contributed by atoms with E-state index in [1.165, 1.54) is 6.42 Å². The fourth-order valence-corrected chi connectivity index (χ4v) is 2.92. The van der Waals surface area contributed by atoms with Crippen LogP contribution in [0.1, 0.15) is 36.7 Å². The average Bonchev–Trinajstić information content (AvgIpc) is 3.05. The summed E-state index contributed by atoms with van der Waals surface area (Å²) in [5.41, 5.74) is 2.24. The van der Waals surface area contributed by atoms with Crippen LogP contribution < -0.4 is 4.74 Å². The number of H-pyrrole nitrogens is 1. The molecule has 5 nitrogen and oxygen atoms in total. The predicted octanol–water partition coefficient (Wildman–Crippen LogP) is 3.10. The summed E-state index contributed by atoms with van der Waals surface area (Å²) >= 11 is 0. The van der Waals surface area contributed by atoms with Gasteiger partial charge in [-0.2, -0.15) is 5.10 Å². The number of nitrogens with zero attached hydrogens (tertiary/aromatic N) is 2. The molecule has 116 valence electrons.